The van der Waals surface area contributed by atoms with E-state index in [1.807, 2.05) is 0 Å². The Bertz CT molecular complexity index is 522. The van der Waals surface area contributed by atoms with Crippen molar-refractivity contribution in [1.29, 1.82) is 0 Å². The van der Waals surface area contributed by atoms with Gasteiger partial charge in [0.05, 0.1) is 0 Å². The molecule has 0 heterocycles. The third kappa shape index (κ3) is 4.21. The summed E-state index contributed by atoms with van der Waals surface area (Å²) in [4.78, 5) is 11.1. The minimum Gasteiger partial charge on any atom is -0.300 e. The molecule has 136 valence electrons. The van der Waals surface area contributed by atoms with E-state index in [0.29, 0.717) is 23.0 Å². The van der Waals surface area contributed by atoms with Gasteiger partial charge in [-0.2, -0.15) is 0 Å². The van der Waals surface area contributed by atoms with Crippen LogP contribution in [0.15, 0.2) is 23.3 Å². The van der Waals surface area contributed by atoms with E-state index in [-0.39, 0.29) is 0 Å². The Balaban J connectivity index is 2.06. The molecular weight excluding hydrogens is 292 g/mol. The molecule has 0 aromatic rings. The van der Waals surface area contributed by atoms with E-state index in [1.54, 1.807) is 12.5 Å². The van der Waals surface area contributed by atoms with Gasteiger partial charge in [0.15, 0.2) is 0 Å². The Morgan fingerprint density at radius 1 is 1.21 bits per heavy atom. The van der Waals surface area contributed by atoms with Gasteiger partial charge in [-0.15, -0.1) is 0 Å². The van der Waals surface area contributed by atoms with Gasteiger partial charge < -0.3 is 4.79 Å². The number of Topliss-reactive ketones (excluding diaryl/α,β-unsaturated/α-hetero) is 1. The van der Waals surface area contributed by atoms with Gasteiger partial charge in [0, 0.05) is 6.42 Å². The van der Waals surface area contributed by atoms with Crippen LogP contribution in [0.2, 0.25) is 0 Å². The predicted octanol–water partition coefficient (Wildman–Crippen LogP) is 6.88. The lowest BCUT2D eigenvalue weighted by atomic mass is 9.48. The molecule has 0 radical (unpaired) electrons. The maximum atomic E-state index is 11.1. The van der Waals surface area contributed by atoms with Gasteiger partial charge in [0.2, 0.25) is 0 Å². The van der Waals surface area contributed by atoms with Crippen molar-refractivity contribution in [1.82, 2.24) is 0 Å². The molecule has 2 aliphatic carbocycles. The second kappa shape index (κ2) is 7.58. The van der Waals surface area contributed by atoms with E-state index in [2.05, 4.69) is 46.8 Å². The Kier molecular flexibility index (Phi) is 6.15. The number of hydrogen-bond donors (Lipinski definition) is 0. The Morgan fingerprint density at radius 3 is 2.58 bits per heavy atom. The first-order valence-corrected chi connectivity index (χ1v) is 9.98. The summed E-state index contributed by atoms with van der Waals surface area (Å²) >= 11 is 0. The molecule has 0 aliphatic heterocycles. The lowest BCUT2D eigenvalue weighted by molar-refractivity contribution is -0.116. The third-order valence-electron chi connectivity index (χ3n) is 7.11. The quantitative estimate of drug-likeness (QED) is 0.485. The van der Waals surface area contributed by atoms with Crippen LogP contribution >= 0.6 is 0 Å². The van der Waals surface area contributed by atoms with Gasteiger partial charge in [0.1, 0.15) is 5.78 Å². The van der Waals surface area contributed by atoms with E-state index in [1.165, 1.54) is 44.1 Å². The molecule has 0 N–H and O–H groups in total. The van der Waals surface area contributed by atoms with Crippen LogP contribution in [-0.2, 0) is 4.79 Å². The number of carbonyl (C=O) groups is 1. The van der Waals surface area contributed by atoms with Gasteiger partial charge >= 0.3 is 0 Å². The fourth-order valence-corrected chi connectivity index (χ4v) is 5.69. The molecule has 1 fully saturated rings. The number of carbonyl (C=O) groups excluding carboxylic acids is 1. The van der Waals surface area contributed by atoms with Crippen LogP contribution in [0, 0.1) is 22.7 Å². The van der Waals surface area contributed by atoms with Crippen molar-refractivity contribution in [3.63, 3.8) is 0 Å². The van der Waals surface area contributed by atoms with Crippen molar-refractivity contribution >= 4 is 5.78 Å². The zero-order valence-electron chi connectivity index (χ0n) is 16.9. The van der Waals surface area contributed by atoms with Crippen LogP contribution in [0.3, 0.4) is 0 Å². The zero-order valence-corrected chi connectivity index (χ0v) is 16.9. The molecule has 1 nitrogen and oxygen atoms in total. The summed E-state index contributed by atoms with van der Waals surface area (Å²) in [6, 6.07) is 0. The number of allylic oxidation sites excluding steroid dienone is 4. The molecule has 0 unspecified atom stereocenters. The van der Waals surface area contributed by atoms with Crippen LogP contribution in [0.25, 0.3) is 0 Å². The van der Waals surface area contributed by atoms with E-state index >= 15 is 0 Å². The normalized spacial score (nSPS) is 32.9. The van der Waals surface area contributed by atoms with Crippen molar-refractivity contribution < 1.29 is 4.79 Å². The molecule has 0 bridgehead atoms. The molecule has 0 aromatic carbocycles. The Morgan fingerprint density at radius 2 is 1.92 bits per heavy atom. The second-order valence-corrected chi connectivity index (χ2v) is 9.47. The monoisotopic (exact) mass is 330 g/mol. The summed E-state index contributed by atoms with van der Waals surface area (Å²) in [7, 11) is 0. The second-order valence-electron chi connectivity index (χ2n) is 9.47. The summed E-state index contributed by atoms with van der Waals surface area (Å²) < 4.78 is 0. The highest BCUT2D eigenvalue weighted by Gasteiger charge is 2.51. The summed E-state index contributed by atoms with van der Waals surface area (Å²) in [6.45, 7) is 13.9. The van der Waals surface area contributed by atoms with Crippen LogP contribution in [0.5, 0.6) is 0 Å². The fraction of sp³-hybridized carbons (Fsp3) is 0.783. The van der Waals surface area contributed by atoms with E-state index in [4.69, 9.17) is 0 Å². The highest BCUT2D eigenvalue weighted by Crippen LogP contribution is 2.60. The standard InChI is InChI=1S/C23H38O/c1-17(9-7-10-19(3)24)11-13-20-18(2)12-14-21-22(4,5)15-8-16-23(20,21)6/h9,12,20-21H,7-8,10-11,13-16H2,1-6H3/b17-9-/t20-,21+,23+/m1/s1. The fourth-order valence-electron chi connectivity index (χ4n) is 5.69. The molecule has 2 aliphatic rings. The van der Waals surface area contributed by atoms with Crippen molar-refractivity contribution in [2.75, 3.05) is 0 Å². The number of rotatable bonds is 6. The molecule has 2 rings (SSSR count). The largest absolute Gasteiger partial charge is 0.300 e. The van der Waals surface area contributed by atoms with Gasteiger partial charge in [-0.05, 0) is 82.0 Å². The van der Waals surface area contributed by atoms with Gasteiger partial charge in [-0.1, -0.05) is 50.5 Å². The molecular formula is C23H38O. The van der Waals surface area contributed by atoms with Gasteiger partial charge in [-0.3, -0.25) is 0 Å². The summed E-state index contributed by atoms with van der Waals surface area (Å²) in [5.74, 6) is 1.85. The van der Waals surface area contributed by atoms with Crippen molar-refractivity contribution in [3.05, 3.63) is 23.3 Å². The third-order valence-corrected chi connectivity index (χ3v) is 7.11. The van der Waals surface area contributed by atoms with Crippen molar-refractivity contribution in [2.45, 2.75) is 92.9 Å². The molecule has 24 heavy (non-hydrogen) atoms. The Hall–Kier alpha value is -0.850. The molecule has 3 atom stereocenters. The Labute approximate surface area is 150 Å². The highest BCUT2D eigenvalue weighted by molar-refractivity contribution is 5.75. The molecule has 0 aromatic heterocycles. The number of hydrogen-bond acceptors (Lipinski definition) is 1. The topological polar surface area (TPSA) is 17.1 Å². The van der Waals surface area contributed by atoms with Crippen LogP contribution in [-0.4, -0.2) is 5.78 Å². The summed E-state index contributed by atoms with van der Waals surface area (Å²) in [5, 5.41) is 0. The number of fused-ring (bicyclic) bond motifs is 1. The van der Waals surface area contributed by atoms with Crippen molar-refractivity contribution in [3.8, 4) is 0 Å². The summed E-state index contributed by atoms with van der Waals surface area (Å²) in [5.41, 5.74) is 4.04. The van der Waals surface area contributed by atoms with Crippen molar-refractivity contribution in [2.24, 2.45) is 22.7 Å². The average Bonchev–Trinajstić information content (AvgIpc) is 2.45. The maximum Gasteiger partial charge on any atom is 0.130 e. The lowest BCUT2D eigenvalue weighted by Crippen LogP contribution is -2.48. The maximum absolute atomic E-state index is 11.1. The first-order valence-electron chi connectivity index (χ1n) is 9.98. The van der Waals surface area contributed by atoms with E-state index < -0.39 is 0 Å². The van der Waals surface area contributed by atoms with Crippen LogP contribution in [0.4, 0.5) is 0 Å². The smallest absolute Gasteiger partial charge is 0.130 e. The minimum absolute atomic E-state index is 0.296. The first-order chi connectivity index (χ1) is 11.2. The zero-order chi connectivity index (χ0) is 18.0. The molecule has 0 spiro atoms. The molecule has 1 heteroatoms. The first kappa shape index (κ1) is 19.5. The molecule has 0 saturated heterocycles. The van der Waals surface area contributed by atoms with Gasteiger partial charge in [-0.25, -0.2) is 0 Å². The van der Waals surface area contributed by atoms with Crippen LogP contribution in [0.1, 0.15) is 92.9 Å². The molecule has 1 saturated carbocycles. The summed E-state index contributed by atoms with van der Waals surface area (Å²) in [6.07, 6.45) is 14.3. The lowest BCUT2D eigenvalue weighted by Gasteiger charge is -2.57. The van der Waals surface area contributed by atoms with Gasteiger partial charge in [0.25, 0.3) is 0 Å². The predicted molar refractivity (Wildman–Crippen MR) is 104 cm³/mol. The average molecular weight is 331 g/mol. The molecule has 0 amide bonds. The highest BCUT2D eigenvalue weighted by atomic mass is 16.1. The number of ketones is 1. The SMILES string of the molecule is CC(=O)CC/C=C(/C)CC[C@@H]1C(C)=CC[C@H]2C(C)(C)CCC[C@@]12C. The minimum atomic E-state index is 0.296. The van der Waals surface area contributed by atoms with E-state index in [0.717, 1.165) is 18.3 Å². The van der Waals surface area contributed by atoms with E-state index in [9.17, 15) is 4.79 Å². The van der Waals surface area contributed by atoms with Crippen LogP contribution < -0.4 is 0 Å².